The molecule has 0 saturated carbocycles. The summed E-state index contributed by atoms with van der Waals surface area (Å²) in [7, 11) is 1.49. The molecule has 1 saturated heterocycles. The Morgan fingerprint density at radius 2 is 1.97 bits per heavy atom. The lowest BCUT2D eigenvalue weighted by molar-refractivity contribution is -0.282. The summed E-state index contributed by atoms with van der Waals surface area (Å²) in [6.07, 6.45) is 8.07. The first-order chi connectivity index (χ1) is 14.2. The smallest absolute Gasteiger partial charge is 0.158 e. The predicted octanol–water partition coefficient (Wildman–Crippen LogP) is 2.85. The van der Waals surface area contributed by atoms with Crippen LogP contribution in [0.4, 0.5) is 17.3 Å². The van der Waals surface area contributed by atoms with Gasteiger partial charge in [0.05, 0.1) is 19.5 Å². The van der Waals surface area contributed by atoms with E-state index in [0.717, 1.165) is 43.7 Å². The van der Waals surface area contributed by atoms with Crippen LogP contribution >= 0.6 is 0 Å². The third-order valence-corrected chi connectivity index (χ3v) is 4.83. The van der Waals surface area contributed by atoms with Gasteiger partial charge in [0.15, 0.2) is 5.69 Å². The van der Waals surface area contributed by atoms with Crippen molar-refractivity contribution in [2.45, 2.75) is 38.8 Å². The summed E-state index contributed by atoms with van der Waals surface area (Å²) in [6, 6.07) is 4.29. The quantitative estimate of drug-likeness (QED) is 0.487. The zero-order chi connectivity index (χ0) is 20.5. The van der Waals surface area contributed by atoms with Crippen LogP contribution in [0.25, 0.3) is 0 Å². The second kappa shape index (κ2) is 10.7. The van der Waals surface area contributed by atoms with Gasteiger partial charge in [-0.2, -0.15) is 5.26 Å². The van der Waals surface area contributed by atoms with Crippen LogP contribution in [0.5, 0.6) is 0 Å². The van der Waals surface area contributed by atoms with Gasteiger partial charge in [0.25, 0.3) is 0 Å². The van der Waals surface area contributed by atoms with Crippen LogP contribution in [0.15, 0.2) is 24.7 Å². The Balaban J connectivity index is 1.70. The molecule has 154 valence electrons. The second-order valence-electron chi connectivity index (χ2n) is 6.94. The Morgan fingerprint density at radius 1 is 1.17 bits per heavy atom. The van der Waals surface area contributed by atoms with Crippen molar-refractivity contribution >= 4 is 17.3 Å². The van der Waals surface area contributed by atoms with Crippen LogP contribution in [-0.2, 0) is 16.4 Å². The molecule has 1 aliphatic rings. The van der Waals surface area contributed by atoms with Crippen LogP contribution < -0.4 is 10.6 Å². The van der Waals surface area contributed by atoms with Gasteiger partial charge in [-0.1, -0.05) is 6.92 Å². The number of aromatic nitrogens is 3. The van der Waals surface area contributed by atoms with Crippen molar-refractivity contribution in [1.82, 2.24) is 19.9 Å². The molecule has 0 atom stereocenters. The molecule has 3 rings (SSSR count). The van der Waals surface area contributed by atoms with Gasteiger partial charge in [-0.15, -0.1) is 0 Å². The normalized spacial score (nSPS) is 15.1. The highest BCUT2D eigenvalue weighted by Gasteiger charge is 2.19. The van der Waals surface area contributed by atoms with E-state index in [1.54, 1.807) is 6.20 Å². The minimum Gasteiger partial charge on any atom is -0.382 e. The summed E-state index contributed by atoms with van der Waals surface area (Å²) in [5, 5.41) is 15.6. The number of rotatable bonds is 9. The van der Waals surface area contributed by atoms with Crippen molar-refractivity contribution in [1.29, 1.82) is 5.26 Å². The van der Waals surface area contributed by atoms with Crippen molar-refractivity contribution in [2.24, 2.45) is 0 Å². The average Bonchev–Trinajstić information content (AvgIpc) is 2.75. The zero-order valence-corrected chi connectivity index (χ0v) is 16.9. The Morgan fingerprint density at radius 3 is 2.62 bits per heavy atom. The SMILES string of the molecule is CCCN1CCC(Nc2cc(Nc3cnc(C#N)cn3)ncc2COOC)CC1. The fourth-order valence-corrected chi connectivity index (χ4v) is 3.34. The number of nitrogens with one attached hydrogen (secondary N) is 2. The van der Waals surface area contributed by atoms with Gasteiger partial charge in [0.2, 0.25) is 0 Å². The molecule has 0 spiro atoms. The van der Waals surface area contributed by atoms with Gasteiger partial charge >= 0.3 is 0 Å². The molecule has 9 nitrogen and oxygen atoms in total. The number of hydrogen-bond donors (Lipinski definition) is 2. The van der Waals surface area contributed by atoms with E-state index in [1.165, 1.54) is 25.9 Å². The average molecular weight is 397 g/mol. The van der Waals surface area contributed by atoms with Gasteiger partial charge in [-0.05, 0) is 25.8 Å². The Kier molecular flexibility index (Phi) is 7.69. The van der Waals surface area contributed by atoms with E-state index < -0.39 is 0 Å². The van der Waals surface area contributed by atoms with E-state index >= 15 is 0 Å². The number of nitriles is 1. The molecule has 2 aromatic rings. The molecule has 1 aliphatic heterocycles. The largest absolute Gasteiger partial charge is 0.382 e. The van der Waals surface area contributed by atoms with E-state index in [9.17, 15) is 0 Å². The van der Waals surface area contributed by atoms with E-state index in [-0.39, 0.29) is 5.69 Å². The van der Waals surface area contributed by atoms with Crippen molar-refractivity contribution < 1.29 is 9.78 Å². The molecule has 3 heterocycles. The van der Waals surface area contributed by atoms with Crippen LogP contribution in [0.1, 0.15) is 37.4 Å². The number of likely N-dealkylation sites (tertiary alicyclic amines) is 1. The summed E-state index contributed by atoms with van der Waals surface area (Å²) in [5.74, 6) is 1.16. The summed E-state index contributed by atoms with van der Waals surface area (Å²) in [5.41, 5.74) is 2.14. The molecule has 0 aliphatic carbocycles. The standard InChI is InChI=1S/C20H27N7O2/c1-3-6-27-7-4-16(5-8-27)25-18-9-19(23-11-15(18)14-29-28-2)26-20-13-22-17(10-21)12-24-20/h9,11-13,16H,3-8,14H2,1-2H3,(H2,23,24,25,26). The first kappa shape index (κ1) is 20.9. The molecule has 1 fully saturated rings. The molecular formula is C20H27N7O2. The second-order valence-corrected chi connectivity index (χ2v) is 6.94. The minimum atomic E-state index is 0.271. The Labute approximate surface area is 171 Å². The lowest BCUT2D eigenvalue weighted by atomic mass is 10.0. The van der Waals surface area contributed by atoms with E-state index in [4.69, 9.17) is 15.0 Å². The molecule has 0 radical (unpaired) electrons. The van der Waals surface area contributed by atoms with E-state index in [0.29, 0.717) is 24.3 Å². The van der Waals surface area contributed by atoms with Crippen LogP contribution in [-0.4, -0.2) is 52.6 Å². The molecule has 29 heavy (non-hydrogen) atoms. The first-order valence-corrected chi connectivity index (χ1v) is 9.84. The van der Waals surface area contributed by atoms with Gasteiger partial charge < -0.3 is 15.5 Å². The van der Waals surface area contributed by atoms with Crippen LogP contribution in [0.3, 0.4) is 0 Å². The molecule has 0 amide bonds. The van der Waals surface area contributed by atoms with Crippen molar-refractivity contribution in [3.63, 3.8) is 0 Å². The molecule has 9 heteroatoms. The zero-order valence-electron chi connectivity index (χ0n) is 16.9. The lowest BCUT2D eigenvalue weighted by Crippen LogP contribution is -2.39. The molecular weight excluding hydrogens is 370 g/mol. The van der Waals surface area contributed by atoms with Crippen molar-refractivity contribution in [3.05, 3.63) is 35.9 Å². The Bertz CT molecular complexity index is 815. The first-order valence-electron chi connectivity index (χ1n) is 9.84. The summed E-state index contributed by atoms with van der Waals surface area (Å²) < 4.78 is 0. The monoisotopic (exact) mass is 397 g/mol. The minimum absolute atomic E-state index is 0.271. The van der Waals surface area contributed by atoms with E-state index in [1.807, 2.05) is 12.1 Å². The third kappa shape index (κ3) is 6.09. The van der Waals surface area contributed by atoms with Gasteiger partial charge in [-0.25, -0.2) is 24.7 Å². The lowest BCUT2D eigenvalue weighted by Gasteiger charge is -2.33. The van der Waals surface area contributed by atoms with Gasteiger partial charge in [0, 0.05) is 42.6 Å². The highest BCUT2D eigenvalue weighted by Crippen LogP contribution is 2.24. The van der Waals surface area contributed by atoms with Crippen LogP contribution in [0.2, 0.25) is 0 Å². The molecule has 0 unspecified atom stereocenters. The van der Waals surface area contributed by atoms with Gasteiger partial charge in [0.1, 0.15) is 24.3 Å². The highest BCUT2D eigenvalue weighted by atomic mass is 17.2. The fraction of sp³-hybridized carbons (Fsp3) is 0.500. The number of pyridine rings is 1. The molecule has 0 aromatic carbocycles. The van der Waals surface area contributed by atoms with Crippen molar-refractivity contribution in [2.75, 3.05) is 37.4 Å². The third-order valence-electron chi connectivity index (χ3n) is 4.83. The molecule has 2 aromatic heterocycles. The van der Waals surface area contributed by atoms with Crippen LogP contribution in [0, 0.1) is 11.3 Å². The van der Waals surface area contributed by atoms with Gasteiger partial charge in [-0.3, -0.25) is 0 Å². The predicted molar refractivity (Wildman–Crippen MR) is 109 cm³/mol. The Hall–Kier alpha value is -2.80. The molecule has 0 bridgehead atoms. The number of anilines is 3. The maximum Gasteiger partial charge on any atom is 0.158 e. The summed E-state index contributed by atoms with van der Waals surface area (Å²) in [6.45, 7) is 5.89. The number of piperidine rings is 1. The van der Waals surface area contributed by atoms with Crippen molar-refractivity contribution in [3.8, 4) is 6.07 Å². The highest BCUT2D eigenvalue weighted by molar-refractivity contribution is 5.61. The number of hydrogen-bond acceptors (Lipinski definition) is 9. The maximum absolute atomic E-state index is 8.84. The maximum atomic E-state index is 8.84. The molecule has 2 N–H and O–H groups in total. The van der Waals surface area contributed by atoms with E-state index in [2.05, 4.69) is 37.4 Å². The summed E-state index contributed by atoms with van der Waals surface area (Å²) in [4.78, 5) is 25.0. The topological polar surface area (TPSA) is 108 Å². The number of nitrogens with zero attached hydrogens (tertiary/aromatic N) is 5. The fourth-order valence-electron chi connectivity index (χ4n) is 3.34. The summed E-state index contributed by atoms with van der Waals surface area (Å²) >= 11 is 0.